The Morgan fingerprint density at radius 3 is 1.68 bits per heavy atom. The molecule has 6 heteroatoms. The highest BCUT2D eigenvalue weighted by atomic mass is 35.5. The molecule has 156 valence electrons. The van der Waals surface area contributed by atoms with Crippen molar-refractivity contribution in [3.05, 3.63) is 65.2 Å². The summed E-state index contributed by atoms with van der Waals surface area (Å²) in [5.74, 6) is 4.95. The Morgan fingerprint density at radius 2 is 1.25 bits per heavy atom. The van der Waals surface area contributed by atoms with Crippen LogP contribution in [0.25, 0.3) is 0 Å². The lowest BCUT2D eigenvalue weighted by molar-refractivity contribution is -0.120. The second kappa shape index (κ2) is 14.3. The molecule has 0 heterocycles. The molecule has 0 saturated heterocycles. The SMILES string of the molecule is CCCN(CCC)c1ccc(CCc2ccc(CC(=O)NN)cc2)cc1.Cl.Cl. The van der Waals surface area contributed by atoms with E-state index in [0.717, 1.165) is 31.5 Å². The van der Waals surface area contributed by atoms with Crippen LogP contribution in [0.2, 0.25) is 0 Å². The molecule has 3 N–H and O–H groups in total. The van der Waals surface area contributed by atoms with E-state index in [1.54, 1.807) is 0 Å². The molecule has 0 saturated carbocycles. The van der Waals surface area contributed by atoms with Crippen molar-refractivity contribution >= 4 is 36.4 Å². The molecule has 4 nitrogen and oxygen atoms in total. The van der Waals surface area contributed by atoms with Gasteiger partial charge >= 0.3 is 0 Å². The average Bonchev–Trinajstić information content (AvgIpc) is 2.67. The van der Waals surface area contributed by atoms with E-state index in [-0.39, 0.29) is 30.7 Å². The minimum Gasteiger partial charge on any atom is -0.372 e. The Kier molecular flexibility index (Phi) is 13.4. The van der Waals surface area contributed by atoms with Crippen LogP contribution in [0.4, 0.5) is 5.69 Å². The van der Waals surface area contributed by atoms with Crippen LogP contribution in [0, 0.1) is 0 Å². The Bertz CT molecular complexity index is 669. The first kappa shape index (κ1) is 26.2. The number of halogens is 2. The number of nitrogens with zero attached hydrogens (tertiary/aromatic N) is 1. The molecule has 0 bridgehead atoms. The number of rotatable bonds is 10. The fraction of sp³-hybridized carbons (Fsp3) is 0.409. The standard InChI is InChI=1S/C22H31N3O.2ClH/c1-3-15-25(16-4-2)21-13-11-19(12-14-21)6-5-18-7-9-20(10-8-18)17-22(26)24-23;;/h7-14H,3-6,15-17,23H2,1-2H3,(H,24,26);2*1H. The number of hydrogen-bond acceptors (Lipinski definition) is 3. The number of amides is 1. The van der Waals surface area contributed by atoms with Gasteiger partial charge in [0, 0.05) is 18.8 Å². The van der Waals surface area contributed by atoms with Gasteiger partial charge in [-0.2, -0.15) is 0 Å². The van der Waals surface area contributed by atoms with Crippen LogP contribution in [0.5, 0.6) is 0 Å². The van der Waals surface area contributed by atoms with Gasteiger partial charge < -0.3 is 4.90 Å². The lowest BCUT2D eigenvalue weighted by Crippen LogP contribution is -2.31. The van der Waals surface area contributed by atoms with E-state index in [2.05, 4.69) is 60.6 Å². The van der Waals surface area contributed by atoms with E-state index in [9.17, 15) is 4.79 Å². The van der Waals surface area contributed by atoms with Crippen molar-refractivity contribution in [3.8, 4) is 0 Å². The smallest absolute Gasteiger partial charge is 0.238 e. The fourth-order valence-electron chi connectivity index (χ4n) is 3.13. The lowest BCUT2D eigenvalue weighted by atomic mass is 10.0. The van der Waals surface area contributed by atoms with Gasteiger partial charge in [0.15, 0.2) is 0 Å². The first-order valence-electron chi connectivity index (χ1n) is 9.57. The molecule has 1 amide bonds. The molecule has 0 radical (unpaired) electrons. The first-order chi connectivity index (χ1) is 12.7. The summed E-state index contributed by atoms with van der Waals surface area (Å²) in [6.45, 7) is 6.68. The molecule has 0 atom stereocenters. The summed E-state index contributed by atoms with van der Waals surface area (Å²) in [4.78, 5) is 13.8. The number of anilines is 1. The molecule has 0 aliphatic rings. The number of benzene rings is 2. The molecule has 2 aromatic rings. The summed E-state index contributed by atoms with van der Waals surface area (Å²) in [5.41, 5.74) is 7.10. The van der Waals surface area contributed by atoms with Crippen molar-refractivity contribution in [2.45, 2.75) is 46.0 Å². The van der Waals surface area contributed by atoms with Crippen LogP contribution in [0.3, 0.4) is 0 Å². The molecule has 2 aromatic carbocycles. The number of nitrogens with two attached hydrogens (primary N) is 1. The van der Waals surface area contributed by atoms with Crippen LogP contribution in [0.15, 0.2) is 48.5 Å². The minimum absolute atomic E-state index is 0. The second-order valence-corrected chi connectivity index (χ2v) is 6.71. The van der Waals surface area contributed by atoms with Crippen LogP contribution in [0.1, 0.15) is 43.4 Å². The molecule has 0 fully saturated rings. The van der Waals surface area contributed by atoms with Crippen LogP contribution < -0.4 is 16.2 Å². The number of aryl methyl sites for hydroxylation is 2. The Balaban J connectivity index is 0.00000364. The number of carbonyl (C=O) groups excluding carboxylic acids is 1. The van der Waals surface area contributed by atoms with Crippen molar-refractivity contribution in [2.75, 3.05) is 18.0 Å². The van der Waals surface area contributed by atoms with Gasteiger partial charge in [0.25, 0.3) is 0 Å². The van der Waals surface area contributed by atoms with Gasteiger partial charge in [0.1, 0.15) is 0 Å². The predicted molar refractivity (Wildman–Crippen MR) is 124 cm³/mol. The summed E-state index contributed by atoms with van der Waals surface area (Å²) >= 11 is 0. The summed E-state index contributed by atoms with van der Waals surface area (Å²) < 4.78 is 0. The van der Waals surface area contributed by atoms with Gasteiger partial charge in [-0.25, -0.2) is 5.84 Å². The normalized spacial score (nSPS) is 9.82. The van der Waals surface area contributed by atoms with E-state index in [0.29, 0.717) is 6.42 Å². The molecular formula is C22H33Cl2N3O. The molecule has 28 heavy (non-hydrogen) atoms. The van der Waals surface area contributed by atoms with Gasteiger partial charge in [0.2, 0.25) is 5.91 Å². The molecule has 0 unspecified atom stereocenters. The van der Waals surface area contributed by atoms with Gasteiger partial charge in [-0.15, -0.1) is 24.8 Å². The highest BCUT2D eigenvalue weighted by Gasteiger charge is 2.05. The summed E-state index contributed by atoms with van der Waals surface area (Å²) in [6, 6.07) is 17.2. The van der Waals surface area contributed by atoms with Crippen molar-refractivity contribution < 1.29 is 4.79 Å². The zero-order chi connectivity index (χ0) is 18.8. The Hall–Kier alpha value is -1.75. The highest BCUT2D eigenvalue weighted by Crippen LogP contribution is 2.17. The zero-order valence-electron chi connectivity index (χ0n) is 16.8. The van der Waals surface area contributed by atoms with Crippen molar-refractivity contribution in [2.24, 2.45) is 5.84 Å². The third-order valence-corrected chi connectivity index (χ3v) is 4.54. The maximum Gasteiger partial charge on any atom is 0.238 e. The monoisotopic (exact) mass is 425 g/mol. The zero-order valence-corrected chi connectivity index (χ0v) is 18.5. The van der Waals surface area contributed by atoms with Gasteiger partial charge in [-0.05, 0) is 54.5 Å². The van der Waals surface area contributed by atoms with E-state index in [1.165, 1.54) is 29.7 Å². The van der Waals surface area contributed by atoms with Crippen molar-refractivity contribution in [1.82, 2.24) is 5.43 Å². The van der Waals surface area contributed by atoms with E-state index >= 15 is 0 Å². The minimum atomic E-state index is -0.168. The largest absolute Gasteiger partial charge is 0.372 e. The fourth-order valence-corrected chi connectivity index (χ4v) is 3.13. The Labute approximate surface area is 181 Å². The van der Waals surface area contributed by atoms with E-state index < -0.39 is 0 Å². The number of nitrogens with one attached hydrogen (secondary N) is 1. The number of carbonyl (C=O) groups is 1. The summed E-state index contributed by atoms with van der Waals surface area (Å²) in [7, 11) is 0. The second-order valence-electron chi connectivity index (χ2n) is 6.71. The van der Waals surface area contributed by atoms with E-state index in [4.69, 9.17) is 5.84 Å². The molecular weight excluding hydrogens is 393 g/mol. The third-order valence-electron chi connectivity index (χ3n) is 4.54. The molecule has 2 rings (SSSR count). The maximum absolute atomic E-state index is 11.3. The predicted octanol–water partition coefficient (Wildman–Crippen LogP) is 4.47. The summed E-state index contributed by atoms with van der Waals surface area (Å²) in [6.07, 6.45) is 4.68. The van der Waals surface area contributed by atoms with Crippen molar-refractivity contribution in [1.29, 1.82) is 0 Å². The maximum atomic E-state index is 11.3. The molecule has 0 spiro atoms. The average molecular weight is 426 g/mol. The molecule has 0 aromatic heterocycles. The number of hydrogen-bond donors (Lipinski definition) is 2. The van der Waals surface area contributed by atoms with E-state index in [1.807, 2.05) is 12.1 Å². The first-order valence-corrected chi connectivity index (χ1v) is 9.57. The quantitative estimate of drug-likeness (QED) is 0.335. The van der Waals surface area contributed by atoms with Crippen LogP contribution in [-0.2, 0) is 24.1 Å². The molecule has 0 aliphatic carbocycles. The summed E-state index contributed by atoms with van der Waals surface area (Å²) in [5, 5.41) is 0. The van der Waals surface area contributed by atoms with Gasteiger partial charge in [0.05, 0.1) is 6.42 Å². The molecule has 0 aliphatic heterocycles. The third kappa shape index (κ3) is 8.51. The van der Waals surface area contributed by atoms with Crippen LogP contribution in [-0.4, -0.2) is 19.0 Å². The van der Waals surface area contributed by atoms with Gasteiger partial charge in [-0.1, -0.05) is 50.2 Å². The Morgan fingerprint density at radius 1 is 0.821 bits per heavy atom. The van der Waals surface area contributed by atoms with Crippen LogP contribution >= 0.6 is 24.8 Å². The highest BCUT2D eigenvalue weighted by molar-refractivity contribution is 5.85. The number of hydrazine groups is 1. The lowest BCUT2D eigenvalue weighted by Gasteiger charge is -2.24. The topological polar surface area (TPSA) is 58.4 Å². The van der Waals surface area contributed by atoms with Gasteiger partial charge in [-0.3, -0.25) is 10.2 Å². The van der Waals surface area contributed by atoms with Crippen molar-refractivity contribution in [3.63, 3.8) is 0 Å².